The van der Waals surface area contributed by atoms with Crippen molar-refractivity contribution < 1.29 is 13.9 Å². The number of pyridine rings is 1. The van der Waals surface area contributed by atoms with E-state index in [9.17, 15) is 9.18 Å². The summed E-state index contributed by atoms with van der Waals surface area (Å²) in [5.41, 5.74) is 1.40. The van der Waals surface area contributed by atoms with Gasteiger partial charge in [0.05, 0.1) is 5.69 Å². The van der Waals surface area contributed by atoms with Crippen LogP contribution in [0.2, 0.25) is 0 Å². The summed E-state index contributed by atoms with van der Waals surface area (Å²) in [6.07, 6.45) is 0.613. The van der Waals surface area contributed by atoms with Gasteiger partial charge in [-0.05, 0) is 29.8 Å². The van der Waals surface area contributed by atoms with E-state index in [1.807, 2.05) is 6.07 Å². The summed E-state index contributed by atoms with van der Waals surface area (Å²) in [5, 5.41) is 2.72. The first-order chi connectivity index (χ1) is 9.63. The van der Waals surface area contributed by atoms with Gasteiger partial charge in [0.2, 0.25) is 0 Å². The van der Waals surface area contributed by atoms with Crippen molar-refractivity contribution in [2.24, 2.45) is 0 Å². The second-order valence-electron chi connectivity index (χ2n) is 4.40. The Morgan fingerprint density at radius 3 is 2.70 bits per heavy atom. The van der Waals surface area contributed by atoms with Crippen molar-refractivity contribution in [3.8, 4) is 0 Å². The first kappa shape index (κ1) is 13.1. The smallest absolute Gasteiger partial charge is 0.408 e. The number of nitrogens with zero attached hydrogens (tertiary/aromatic N) is 1. The molecule has 4 nitrogen and oxygen atoms in total. The Balaban J connectivity index is 1.96. The fraction of sp³-hybridized carbons (Fsp3) is 0.143. The highest BCUT2D eigenvalue weighted by Gasteiger charge is 2.37. The molecule has 1 aromatic carbocycles. The molecule has 1 N–H and O–H groups in total. The molecule has 0 unspecified atom stereocenters. The molecule has 2 atom stereocenters. The van der Waals surface area contributed by atoms with E-state index in [1.54, 1.807) is 24.4 Å². The normalized spacial score (nSPS) is 21.4. The lowest BCUT2D eigenvalue weighted by molar-refractivity contribution is 0.132. The third-order valence-corrected chi connectivity index (χ3v) is 3.56. The Kier molecular flexibility index (Phi) is 3.40. The van der Waals surface area contributed by atoms with E-state index < -0.39 is 18.2 Å². The number of benzene rings is 1. The van der Waals surface area contributed by atoms with Crippen LogP contribution in [0.25, 0.3) is 0 Å². The second kappa shape index (κ2) is 5.20. The zero-order chi connectivity index (χ0) is 14.1. The molecule has 1 aliphatic heterocycles. The average Bonchev–Trinajstić information content (AvgIpc) is 2.82. The number of cyclic esters (lactones) is 1. The van der Waals surface area contributed by atoms with Crippen LogP contribution in [0.3, 0.4) is 0 Å². The molecule has 1 aliphatic rings. The highest BCUT2D eigenvalue weighted by molar-refractivity contribution is 9.10. The van der Waals surface area contributed by atoms with Crippen LogP contribution in [0.1, 0.15) is 23.4 Å². The van der Waals surface area contributed by atoms with Crippen molar-refractivity contribution in [2.75, 3.05) is 0 Å². The van der Waals surface area contributed by atoms with Gasteiger partial charge in [0, 0.05) is 10.7 Å². The zero-order valence-electron chi connectivity index (χ0n) is 10.2. The lowest BCUT2D eigenvalue weighted by Crippen LogP contribution is -2.20. The summed E-state index contributed by atoms with van der Waals surface area (Å²) in [6.45, 7) is 0. The molecule has 1 aromatic heterocycles. The summed E-state index contributed by atoms with van der Waals surface area (Å²) >= 11 is 3.37. The minimum atomic E-state index is -0.523. The SMILES string of the molecule is O=C1N[C@@H](c2cc(Br)ccn2)[C@H](c2ccc(F)cc2)O1. The number of alkyl carbamates (subject to hydrolysis) is 1. The van der Waals surface area contributed by atoms with Gasteiger partial charge in [-0.2, -0.15) is 0 Å². The van der Waals surface area contributed by atoms with Crippen LogP contribution in [0.4, 0.5) is 9.18 Å². The lowest BCUT2D eigenvalue weighted by Gasteiger charge is -2.16. The summed E-state index contributed by atoms with van der Waals surface area (Å²) in [4.78, 5) is 15.8. The van der Waals surface area contributed by atoms with E-state index >= 15 is 0 Å². The Labute approximate surface area is 123 Å². The number of carbonyl (C=O) groups excluding carboxylic acids is 1. The van der Waals surface area contributed by atoms with Gasteiger partial charge in [0.1, 0.15) is 11.9 Å². The predicted octanol–water partition coefficient (Wildman–Crippen LogP) is 3.51. The fourth-order valence-electron chi connectivity index (χ4n) is 2.15. The Morgan fingerprint density at radius 1 is 1.25 bits per heavy atom. The number of hydrogen-bond donors (Lipinski definition) is 1. The third-order valence-electron chi connectivity index (χ3n) is 3.07. The van der Waals surface area contributed by atoms with Gasteiger partial charge in [-0.15, -0.1) is 0 Å². The highest BCUT2D eigenvalue weighted by Crippen LogP contribution is 2.36. The maximum Gasteiger partial charge on any atom is 0.408 e. The molecule has 0 spiro atoms. The van der Waals surface area contributed by atoms with E-state index in [2.05, 4.69) is 26.2 Å². The van der Waals surface area contributed by atoms with E-state index in [4.69, 9.17) is 4.74 Å². The Morgan fingerprint density at radius 2 is 2.00 bits per heavy atom. The molecule has 2 heterocycles. The molecule has 1 saturated heterocycles. The van der Waals surface area contributed by atoms with Gasteiger partial charge >= 0.3 is 6.09 Å². The van der Waals surface area contributed by atoms with E-state index in [0.717, 1.165) is 10.0 Å². The van der Waals surface area contributed by atoms with E-state index in [0.29, 0.717) is 5.69 Å². The molecule has 102 valence electrons. The van der Waals surface area contributed by atoms with Crippen LogP contribution in [-0.2, 0) is 4.74 Å². The van der Waals surface area contributed by atoms with Gasteiger partial charge in [-0.25, -0.2) is 9.18 Å². The molecule has 0 saturated carbocycles. The topological polar surface area (TPSA) is 51.2 Å². The molecule has 20 heavy (non-hydrogen) atoms. The number of nitrogens with one attached hydrogen (secondary N) is 1. The van der Waals surface area contributed by atoms with Crippen molar-refractivity contribution in [3.05, 3.63) is 64.1 Å². The van der Waals surface area contributed by atoms with Crippen molar-refractivity contribution >= 4 is 22.0 Å². The molecular weight excluding hydrogens is 327 g/mol. The predicted molar refractivity (Wildman–Crippen MR) is 73.4 cm³/mol. The molecule has 0 aliphatic carbocycles. The summed E-state index contributed by atoms with van der Waals surface area (Å²) in [5.74, 6) is -0.330. The van der Waals surface area contributed by atoms with Crippen LogP contribution in [0.15, 0.2) is 47.1 Å². The minimum absolute atomic E-state index is 0.330. The zero-order valence-corrected chi connectivity index (χ0v) is 11.8. The van der Waals surface area contributed by atoms with Crippen LogP contribution >= 0.6 is 15.9 Å². The second-order valence-corrected chi connectivity index (χ2v) is 5.31. The molecule has 3 rings (SSSR count). The van der Waals surface area contributed by atoms with Crippen molar-refractivity contribution in [1.82, 2.24) is 10.3 Å². The van der Waals surface area contributed by atoms with Crippen molar-refractivity contribution in [3.63, 3.8) is 0 Å². The number of aromatic nitrogens is 1. The first-order valence-corrected chi connectivity index (χ1v) is 6.77. The maximum atomic E-state index is 13.0. The average molecular weight is 337 g/mol. The van der Waals surface area contributed by atoms with Crippen LogP contribution in [0, 0.1) is 5.82 Å². The number of rotatable bonds is 2. The van der Waals surface area contributed by atoms with Gasteiger partial charge < -0.3 is 10.1 Å². The van der Waals surface area contributed by atoms with Crippen LogP contribution in [0.5, 0.6) is 0 Å². The molecule has 6 heteroatoms. The largest absolute Gasteiger partial charge is 0.439 e. The number of ether oxygens (including phenoxy) is 1. The third kappa shape index (κ3) is 2.51. The summed E-state index contributed by atoms with van der Waals surface area (Å²) in [6, 6.07) is 9.10. The number of amides is 1. The van der Waals surface area contributed by atoms with E-state index in [-0.39, 0.29) is 5.82 Å². The quantitative estimate of drug-likeness (QED) is 0.912. The molecule has 0 bridgehead atoms. The fourth-order valence-corrected chi connectivity index (χ4v) is 2.51. The monoisotopic (exact) mass is 336 g/mol. The van der Waals surface area contributed by atoms with Crippen molar-refractivity contribution in [1.29, 1.82) is 0 Å². The Hall–Kier alpha value is -1.95. The standard InChI is InChI=1S/C14H10BrFN2O2/c15-9-5-6-17-11(7-9)12-13(20-14(19)18-12)8-1-3-10(16)4-2-8/h1-7,12-13H,(H,18,19)/t12-,13-/m0/s1. The number of hydrogen-bond acceptors (Lipinski definition) is 3. The van der Waals surface area contributed by atoms with Gasteiger partial charge in [0.15, 0.2) is 6.10 Å². The number of carbonyl (C=O) groups is 1. The molecule has 1 fully saturated rings. The molecule has 2 aromatic rings. The van der Waals surface area contributed by atoms with Crippen molar-refractivity contribution in [2.45, 2.75) is 12.1 Å². The van der Waals surface area contributed by atoms with Crippen LogP contribution in [-0.4, -0.2) is 11.1 Å². The van der Waals surface area contributed by atoms with Gasteiger partial charge in [-0.3, -0.25) is 4.98 Å². The molecule has 1 amide bonds. The van der Waals surface area contributed by atoms with Gasteiger partial charge in [-0.1, -0.05) is 28.1 Å². The molecular formula is C14H10BrFN2O2. The molecule has 0 radical (unpaired) electrons. The summed E-state index contributed by atoms with van der Waals surface area (Å²) < 4.78 is 19.1. The minimum Gasteiger partial charge on any atom is -0.439 e. The first-order valence-electron chi connectivity index (χ1n) is 5.97. The highest BCUT2D eigenvalue weighted by atomic mass is 79.9. The maximum absolute atomic E-state index is 13.0. The van der Waals surface area contributed by atoms with Crippen LogP contribution < -0.4 is 5.32 Å². The Bertz CT molecular complexity index is 648. The number of halogens is 2. The van der Waals surface area contributed by atoms with E-state index in [1.165, 1.54) is 12.1 Å². The lowest BCUT2D eigenvalue weighted by atomic mass is 10.00. The summed E-state index contributed by atoms with van der Waals surface area (Å²) in [7, 11) is 0. The van der Waals surface area contributed by atoms with Gasteiger partial charge in [0.25, 0.3) is 0 Å².